The van der Waals surface area contributed by atoms with E-state index >= 15 is 0 Å². The minimum Gasteiger partial charge on any atom is -0.0619 e. The highest BCUT2D eigenvalue weighted by atomic mass is 14.4. The molecule has 0 saturated carbocycles. The molecule has 8 aromatic carbocycles. The molecule has 0 spiro atoms. The summed E-state index contributed by atoms with van der Waals surface area (Å²) in [4.78, 5) is 0. The van der Waals surface area contributed by atoms with Crippen molar-refractivity contribution in [2.75, 3.05) is 0 Å². The van der Waals surface area contributed by atoms with E-state index in [1.807, 2.05) is 0 Å². The van der Waals surface area contributed by atoms with Gasteiger partial charge in [0.1, 0.15) is 0 Å². The van der Waals surface area contributed by atoms with Gasteiger partial charge in [-0.15, -0.1) is 0 Å². The largest absolute Gasteiger partial charge is 0.0619 e. The number of rotatable bonds is 3. The van der Waals surface area contributed by atoms with E-state index in [1.54, 1.807) is 0 Å². The summed E-state index contributed by atoms with van der Waals surface area (Å²) in [6.45, 7) is 18.7. The number of hydrogen-bond donors (Lipinski definition) is 0. The predicted molar refractivity (Wildman–Crippen MR) is 232 cm³/mol. The molecule has 2 aliphatic carbocycles. The standard InChI is InChI=1S/C54H46/c1-31-28-32(2)34(4)49(33(31)3)52-40-18-10-9-17-39(40)50(43-20-15-23-47-51(43)42-19-12-14-22-46(42)53(47,5)6)44-29-35(25-27-41(44)52)36-24-26-38-37-16-11-13-21-45(37)54(7,8)48(38)30-36/h9-30H,1-8H3. The minimum absolute atomic E-state index is 0.0593. The second kappa shape index (κ2) is 11.4. The van der Waals surface area contributed by atoms with Gasteiger partial charge in [-0.2, -0.15) is 0 Å². The van der Waals surface area contributed by atoms with Gasteiger partial charge in [-0.05, 0) is 162 Å². The van der Waals surface area contributed by atoms with Gasteiger partial charge in [0.15, 0.2) is 0 Å². The van der Waals surface area contributed by atoms with E-state index in [2.05, 4.69) is 189 Å². The van der Waals surface area contributed by atoms with Crippen LogP contribution in [0, 0.1) is 27.7 Å². The molecule has 0 amide bonds. The first-order valence-electron chi connectivity index (χ1n) is 19.5. The summed E-state index contributed by atoms with van der Waals surface area (Å²) in [5.74, 6) is 0. The third kappa shape index (κ3) is 4.37. The molecule has 0 heterocycles. The van der Waals surface area contributed by atoms with Crippen molar-refractivity contribution in [2.45, 2.75) is 66.2 Å². The van der Waals surface area contributed by atoms with Crippen molar-refractivity contribution in [1.29, 1.82) is 0 Å². The predicted octanol–water partition coefficient (Wildman–Crippen LogP) is 14.8. The zero-order valence-electron chi connectivity index (χ0n) is 32.7. The molecular weight excluding hydrogens is 649 g/mol. The van der Waals surface area contributed by atoms with Crippen LogP contribution >= 0.6 is 0 Å². The number of hydrogen-bond acceptors (Lipinski definition) is 0. The van der Waals surface area contributed by atoms with Crippen molar-refractivity contribution in [3.63, 3.8) is 0 Å². The molecule has 0 unspecified atom stereocenters. The molecule has 262 valence electrons. The van der Waals surface area contributed by atoms with E-state index < -0.39 is 0 Å². The van der Waals surface area contributed by atoms with E-state index in [0.29, 0.717) is 0 Å². The zero-order chi connectivity index (χ0) is 37.3. The summed E-state index contributed by atoms with van der Waals surface area (Å²) >= 11 is 0. The Morgan fingerprint density at radius 1 is 0.315 bits per heavy atom. The fourth-order valence-corrected chi connectivity index (χ4v) is 10.4. The molecule has 0 aliphatic heterocycles. The lowest BCUT2D eigenvalue weighted by Gasteiger charge is -2.24. The molecule has 0 atom stereocenters. The van der Waals surface area contributed by atoms with Crippen molar-refractivity contribution >= 4 is 21.5 Å². The lowest BCUT2D eigenvalue weighted by Crippen LogP contribution is -2.14. The molecule has 0 radical (unpaired) electrons. The highest BCUT2D eigenvalue weighted by Crippen LogP contribution is 2.55. The van der Waals surface area contributed by atoms with Crippen LogP contribution in [0.1, 0.15) is 72.2 Å². The van der Waals surface area contributed by atoms with E-state index in [-0.39, 0.29) is 10.8 Å². The molecule has 10 rings (SSSR count). The van der Waals surface area contributed by atoms with E-state index in [1.165, 1.54) is 122 Å². The van der Waals surface area contributed by atoms with Crippen molar-refractivity contribution in [3.05, 3.63) is 178 Å². The van der Waals surface area contributed by atoms with Gasteiger partial charge in [0.05, 0.1) is 0 Å². The van der Waals surface area contributed by atoms with Gasteiger partial charge in [0, 0.05) is 10.8 Å². The molecular formula is C54H46. The molecule has 0 saturated heterocycles. The summed E-state index contributed by atoms with van der Waals surface area (Å²) < 4.78 is 0. The van der Waals surface area contributed by atoms with Gasteiger partial charge >= 0.3 is 0 Å². The van der Waals surface area contributed by atoms with Crippen LogP contribution in [-0.2, 0) is 10.8 Å². The second-order valence-electron chi connectivity index (χ2n) is 17.0. The maximum Gasteiger partial charge on any atom is 0.0159 e. The first kappa shape index (κ1) is 32.9. The van der Waals surface area contributed by atoms with Crippen molar-refractivity contribution in [2.24, 2.45) is 0 Å². The number of fused-ring (bicyclic) bond motifs is 8. The summed E-state index contributed by atoms with van der Waals surface area (Å²) in [5, 5.41) is 5.22. The smallest absolute Gasteiger partial charge is 0.0159 e. The molecule has 54 heavy (non-hydrogen) atoms. The third-order valence-corrected chi connectivity index (χ3v) is 13.4. The Balaban J connectivity index is 1.33. The Kier molecular flexibility index (Phi) is 6.94. The minimum atomic E-state index is -0.0826. The van der Waals surface area contributed by atoms with Crippen LogP contribution in [0.2, 0.25) is 0 Å². The fraction of sp³-hybridized carbons (Fsp3) is 0.185. The van der Waals surface area contributed by atoms with E-state index in [9.17, 15) is 0 Å². The first-order chi connectivity index (χ1) is 26.0. The summed E-state index contributed by atoms with van der Waals surface area (Å²) in [6, 6.07) is 51.1. The van der Waals surface area contributed by atoms with Crippen LogP contribution in [0.25, 0.3) is 77.2 Å². The molecule has 0 heteroatoms. The Morgan fingerprint density at radius 3 is 1.54 bits per heavy atom. The molecule has 0 N–H and O–H groups in total. The SMILES string of the molecule is Cc1cc(C)c(C)c(-c2c3ccccc3c(-c3cccc4c3-c3ccccc3C4(C)C)c3cc(-c4ccc5c(c4)C(C)(C)c4ccccc4-5)ccc23)c1C. The van der Waals surface area contributed by atoms with Gasteiger partial charge in [-0.1, -0.05) is 149 Å². The second-order valence-corrected chi connectivity index (χ2v) is 17.0. The Bertz CT molecular complexity index is 2880. The topological polar surface area (TPSA) is 0 Å². The van der Waals surface area contributed by atoms with Crippen LogP contribution in [0.15, 0.2) is 133 Å². The van der Waals surface area contributed by atoms with Crippen molar-refractivity contribution < 1.29 is 0 Å². The van der Waals surface area contributed by atoms with Crippen LogP contribution < -0.4 is 0 Å². The molecule has 0 fully saturated rings. The van der Waals surface area contributed by atoms with Crippen LogP contribution in [0.4, 0.5) is 0 Å². The van der Waals surface area contributed by atoms with Gasteiger partial charge < -0.3 is 0 Å². The van der Waals surface area contributed by atoms with Gasteiger partial charge in [-0.25, -0.2) is 0 Å². The third-order valence-electron chi connectivity index (χ3n) is 13.4. The summed E-state index contributed by atoms with van der Waals surface area (Å²) in [6.07, 6.45) is 0. The quantitative estimate of drug-likeness (QED) is 0.162. The Morgan fingerprint density at radius 2 is 0.815 bits per heavy atom. The first-order valence-corrected chi connectivity index (χ1v) is 19.5. The normalized spacial score (nSPS) is 14.6. The molecule has 0 aromatic heterocycles. The van der Waals surface area contributed by atoms with E-state index in [0.717, 1.165) is 0 Å². The van der Waals surface area contributed by atoms with Crippen molar-refractivity contribution in [1.82, 2.24) is 0 Å². The average molecular weight is 695 g/mol. The molecule has 2 aliphatic rings. The van der Waals surface area contributed by atoms with Gasteiger partial charge in [0.25, 0.3) is 0 Å². The molecule has 8 aromatic rings. The van der Waals surface area contributed by atoms with Crippen LogP contribution in [0.3, 0.4) is 0 Å². The zero-order valence-corrected chi connectivity index (χ0v) is 32.7. The maximum absolute atomic E-state index is 2.51. The van der Waals surface area contributed by atoms with E-state index in [4.69, 9.17) is 0 Å². The highest BCUT2D eigenvalue weighted by molar-refractivity contribution is 6.23. The Labute approximate surface area is 320 Å². The van der Waals surface area contributed by atoms with Gasteiger partial charge in [0.2, 0.25) is 0 Å². The lowest BCUT2D eigenvalue weighted by atomic mass is 9.79. The number of aryl methyl sites for hydroxylation is 2. The highest BCUT2D eigenvalue weighted by Gasteiger charge is 2.38. The van der Waals surface area contributed by atoms with Crippen LogP contribution in [0.5, 0.6) is 0 Å². The average Bonchev–Trinajstić information content (AvgIpc) is 3.56. The van der Waals surface area contributed by atoms with Crippen LogP contribution in [-0.4, -0.2) is 0 Å². The lowest BCUT2D eigenvalue weighted by molar-refractivity contribution is 0.660. The monoisotopic (exact) mass is 694 g/mol. The fourth-order valence-electron chi connectivity index (χ4n) is 10.4. The Hall–Kier alpha value is -5.72. The molecule has 0 bridgehead atoms. The molecule has 0 nitrogen and oxygen atoms in total. The number of benzene rings is 8. The summed E-state index contributed by atoms with van der Waals surface area (Å²) in [7, 11) is 0. The maximum atomic E-state index is 2.51. The summed E-state index contributed by atoms with van der Waals surface area (Å²) in [5.41, 5.74) is 24.2. The van der Waals surface area contributed by atoms with Crippen molar-refractivity contribution in [3.8, 4) is 55.6 Å². The van der Waals surface area contributed by atoms with Gasteiger partial charge in [-0.3, -0.25) is 0 Å².